The number of H-pyrrole nitrogens is 2. The SMILES string of the molecule is CC(N)C(C)C(=O)Nc1cccc2c(=O)[nH][nH]c(=O)c12. The largest absolute Gasteiger partial charge is 0.327 e. The molecule has 5 N–H and O–H groups in total. The molecule has 0 aliphatic rings. The van der Waals surface area contributed by atoms with Crippen molar-refractivity contribution >= 4 is 22.4 Å². The average Bonchev–Trinajstić information content (AvgIpc) is 2.42. The van der Waals surface area contributed by atoms with E-state index in [1.807, 2.05) is 0 Å². The van der Waals surface area contributed by atoms with Crippen molar-refractivity contribution in [2.75, 3.05) is 5.32 Å². The summed E-state index contributed by atoms with van der Waals surface area (Å²) in [5, 5.41) is 7.50. The minimum Gasteiger partial charge on any atom is -0.327 e. The van der Waals surface area contributed by atoms with Crippen molar-refractivity contribution in [3.8, 4) is 0 Å². The Hall–Kier alpha value is -2.41. The fourth-order valence-electron chi connectivity index (χ4n) is 1.82. The fourth-order valence-corrected chi connectivity index (χ4v) is 1.82. The first kappa shape index (κ1) is 14.0. The number of aromatic nitrogens is 2. The molecule has 0 radical (unpaired) electrons. The molecule has 0 saturated heterocycles. The van der Waals surface area contributed by atoms with Gasteiger partial charge in [-0.15, -0.1) is 0 Å². The summed E-state index contributed by atoms with van der Waals surface area (Å²) in [6, 6.07) is 4.38. The van der Waals surface area contributed by atoms with Crippen molar-refractivity contribution in [1.29, 1.82) is 0 Å². The molecule has 0 fully saturated rings. The Kier molecular flexibility index (Phi) is 3.71. The number of benzene rings is 1. The van der Waals surface area contributed by atoms with Crippen LogP contribution in [0.5, 0.6) is 0 Å². The lowest BCUT2D eigenvalue weighted by atomic mass is 10.0. The van der Waals surface area contributed by atoms with Gasteiger partial charge in [-0.1, -0.05) is 13.0 Å². The van der Waals surface area contributed by atoms with Crippen molar-refractivity contribution < 1.29 is 4.79 Å². The molecule has 0 saturated carbocycles. The summed E-state index contributed by atoms with van der Waals surface area (Å²) in [6.45, 7) is 3.42. The Bertz CT molecular complexity index is 760. The Labute approximate surface area is 114 Å². The van der Waals surface area contributed by atoms with E-state index >= 15 is 0 Å². The van der Waals surface area contributed by atoms with Gasteiger partial charge in [0.2, 0.25) is 5.91 Å². The lowest BCUT2D eigenvalue weighted by molar-refractivity contribution is -0.119. The Morgan fingerprint density at radius 3 is 2.50 bits per heavy atom. The number of nitrogens with one attached hydrogen (secondary N) is 3. The standard InChI is InChI=1S/C13H16N4O3/c1-6(7(2)14)11(18)15-9-5-3-4-8-10(9)13(20)17-16-12(8)19/h3-7H,14H2,1-2H3,(H,15,18)(H,16,19)(H,17,20). The molecule has 1 aromatic carbocycles. The molecular weight excluding hydrogens is 260 g/mol. The minimum absolute atomic E-state index is 0.154. The topological polar surface area (TPSA) is 121 Å². The second kappa shape index (κ2) is 5.30. The van der Waals surface area contributed by atoms with Gasteiger partial charge in [0.05, 0.1) is 22.4 Å². The summed E-state index contributed by atoms with van der Waals surface area (Å²) >= 11 is 0. The van der Waals surface area contributed by atoms with Gasteiger partial charge in [0.1, 0.15) is 0 Å². The second-order valence-electron chi connectivity index (χ2n) is 4.77. The summed E-state index contributed by atoms with van der Waals surface area (Å²) in [6.07, 6.45) is 0. The zero-order chi connectivity index (χ0) is 14.9. The van der Waals surface area contributed by atoms with E-state index in [0.29, 0.717) is 5.69 Å². The molecule has 7 nitrogen and oxygen atoms in total. The summed E-state index contributed by atoms with van der Waals surface area (Å²) < 4.78 is 0. The van der Waals surface area contributed by atoms with E-state index in [9.17, 15) is 14.4 Å². The van der Waals surface area contributed by atoms with Gasteiger partial charge >= 0.3 is 0 Å². The molecule has 0 spiro atoms. The third kappa shape index (κ3) is 2.48. The van der Waals surface area contributed by atoms with Crippen LogP contribution in [-0.2, 0) is 4.79 Å². The Morgan fingerprint density at radius 1 is 1.20 bits per heavy atom. The lowest BCUT2D eigenvalue weighted by Crippen LogP contribution is -2.34. The molecule has 7 heteroatoms. The zero-order valence-corrected chi connectivity index (χ0v) is 11.2. The number of fused-ring (bicyclic) bond motifs is 1. The van der Waals surface area contributed by atoms with Gasteiger partial charge < -0.3 is 11.1 Å². The molecule has 1 aromatic heterocycles. The van der Waals surface area contributed by atoms with E-state index < -0.39 is 17.0 Å². The highest BCUT2D eigenvalue weighted by molar-refractivity contribution is 6.02. The maximum atomic E-state index is 12.0. The van der Waals surface area contributed by atoms with E-state index in [4.69, 9.17) is 5.73 Å². The first-order chi connectivity index (χ1) is 9.41. The zero-order valence-electron chi connectivity index (χ0n) is 11.2. The number of amides is 1. The molecule has 0 aliphatic heterocycles. The molecule has 0 bridgehead atoms. The predicted octanol–water partition coefficient (Wildman–Crippen LogP) is 0.138. The number of rotatable bonds is 3. The molecule has 2 atom stereocenters. The van der Waals surface area contributed by atoms with E-state index in [-0.39, 0.29) is 22.7 Å². The van der Waals surface area contributed by atoms with Crippen LogP contribution in [0.2, 0.25) is 0 Å². The molecule has 20 heavy (non-hydrogen) atoms. The highest BCUT2D eigenvalue weighted by Crippen LogP contribution is 2.17. The van der Waals surface area contributed by atoms with Gasteiger partial charge in [-0.25, -0.2) is 0 Å². The lowest BCUT2D eigenvalue weighted by Gasteiger charge is -2.15. The van der Waals surface area contributed by atoms with Gasteiger partial charge in [-0.3, -0.25) is 24.6 Å². The van der Waals surface area contributed by atoms with Gasteiger partial charge in [0, 0.05) is 6.04 Å². The van der Waals surface area contributed by atoms with E-state index in [2.05, 4.69) is 15.5 Å². The molecule has 1 heterocycles. The maximum Gasteiger partial charge on any atom is 0.272 e. The average molecular weight is 276 g/mol. The van der Waals surface area contributed by atoms with Crippen LogP contribution in [0, 0.1) is 5.92 Å². The van der Waals surface area contributed by atoms with Crippen LogP contribution >= 0.6 is 0 Å². The third-order valence-corrected chi connectivity index (χ3v) is 3.29. The van der Waals surface area contributed by atoms with Crippen LogP contribution in [-0.4, -0.2) is 22.1 Å². The van der Waals surface area contributed by atoms with E-state index in [0.717, 1.165) is 0 Å². The van der Waals surface area contributed by atoms with Crippen molar-refractivity contribution in [1.82, 2.24) is 10.2 Å². The summed E-state index contributed by atoms with van der Waals surface area (Å²) in [5.74, 6) is -0.710. The van der Waals surface area contributed by atoms with Crippen molar-refractivity contribution in [2.45, 2.75) is 19.9 Å². The predicted molar refractivity (Wildman–Crippen MR) is 76.6 cm³/mol. The number of carbonyl (C=O) groups excluding carboxylic acids is 1. The number of hydrogen-bond acceptors (Lipinski definition) is 4. The summed E-state index contributed by atoms with van der Waals surface area (Å²) in [5.41, 5.74) is 5.08. The Balaban J connectivity index is 2.51. The summed E-state index contributed by atoms with van der Waals surface area (Å²) in [7, 11) is 0. The fraction of sp³-hybridized carbons (Fsp3) is 0.308. The van der Waals surface area contributed by atoms with Crippen molar-refractivity contribution in [2.24, 2.45) is 11.7 Å². The van der Waals surface area contributed by atoms with Crippen LogP contribution in [0.25, 0.3) is 10.8 Å². The van der Waals surface area contributed by atoms with Crippen molar-refractivity contribution in [3.05, 3.63) is 38.9 Å². The quantitative estimate of drug-likeness (QED) is 0.637. The summed E-state index contributed by atoms with van der Waals surface area (Å²) in [4.78, 5) is 35.5. The number of aromatic amines is 2. The molecule has 2 aromatic rings. The molecule has 1 amide bonds. The molecule has 106 valence electrons. The van der Waals surface area contributed by atoms with Gasteiger partial charge in [-0.2, -0.15) is 0 Å². The molecular formula is C13H16N4O3. The maximum absolute atomic E-state index is 12.0. The highest BCUT2D eigenvalue weighted by atomic mass is 16.2. The van der Waals surface area contributed by atoms with E-state index in [1.165, 1.54) is 6.07 Å². The van der Waals surface area contributed by atoms with Crippen molar-refractivity contribution in [3.63, 3.8) is 0 Å². The second-order valence-corrected chi connectivity index (χ2v) is 4.77. The van der Waals surface area contributed by atoms with Gasteiger partial charge in [0.25, 0.3) is 11.1 Å². The number of anilines is 1. The number of hydrogen-bond donors (Lipinski definition) is 4. The smallest absolute Gasteiger partial charge is 0.272 e. The normalized spacial score (nSPS) is 13.9. The third-order valence-electron chi connectivity index (χ3n) is 3.29. The molecule has 2 unspecified atom stereocenters. The first-order valence-electron chi connectivity index (χ1n) is 6.22. The van der Waals surface area contributed by atoms with Crippen LogP contribution < -0.4 is 22.2 Å². The molecule has 2 rings (SSSR count). The molecule has 0 aliphatic carbocycles. The van der Waals surface area contributed by atoms with E-state index in [1.54, 1.807) is 26.0 Å². The highest BCUT2D eigenvalue weighted by Gasteiger charge is 2.18. The van der Waals surface area contributed by atoms with Crippen LogP contribution in [0.1, 0.15) is 13.8 Å². The van der Waals surface area contributed by atoms with Crippen LogP contribution in [0.4, 0.5) is 5.69 Å². The monoisotopic (exact) mass is 276 g/mol. The van der Waals surface area contributed by atoms with Gasteiger partial charge in [-0.05, 0) is 19.1 Å². The Morgan fingerprint density at radius 2 is 1.85 bits per heavy atom. The number of nitrogens with two attached hydrogens (primary N) is 1. The van der Waals surface area contributed by atoms with Gasteiger partial charge in [0.15, 0.2) is 0 Å². The van der Waals surface area contributed by atoms with Crippen LogP contribution in [0.15, 0.2) is 27.8 Å². The minimum atomic E-state index is -0.469. The first-order valence-corrected chi connectivity index (χ1v) is 6.22. The number of carbonyl (C=O) groups is 1. The van der Waals surface area contributed by atoms with Crippen LogP contribution in [0.3, 0.4) is 0 Å².